The number of hydrogen-bond acceptors (Lipinski definition) is 4. The van der Waals surface area contributed by atoms with Gasteiger partial charge in [0.1, 0.15) is 5.75 Å². The second-order valence-electron chi connectivity index (χ2n) is 3.66. The first-order valence-electron chi connectivity index (χ1n) is 5.75. The van der Waals surface area contributed by atoms with Gasteiger partial charge in [-0.05, 0) is 24.6 Å². The summed E-state index contributed by atoms with van der Waals surface area (Å²) < 4.78 is 9.88. The van der Waals surface area contributed by atoms with E-state index in [2.05, 4.69) is 10.1 Å². The zero-order valence-corrected chi connectivity index (χ0v) is 10.6. The lowest BCUT2D eigenvalue weighted by atomic mass is 10.2. The lowest BCUT2D eigenvalue weighted by molar-refractivity contribution is -0.123. The number of amides is 1. The molecule has 1 aromatic carbocycles. The van der Waals surface area contributed by atoms with Gasteiger partial charge in [-0.15, -0.1) is 0 Å². The van der Waals surface area contributed by atoms with E-state index in [0.717, 1.165) is 6.42 Å². The summed E-state index contributed by atoms with van der Waals surface area (Å²) in [6, 6.07) is 6.51. The summed E-state index contributed by atoms with van der Waals surface area (Å²) in [4.78, 5) is 22.6. The molecule has 0 radical (unpaired) electrons. The molecule has 0 atom stereocenters. The predicted octanol–water partition coefficient (Wildman–Crippen LogP) is 1.38. The average Bonchev–Trinajstić information content (AvgIpc) is 2.42. The molecule has 0 saturated carbocycles. The van der Waals surface area contributed by atoms with Crippen molar-refractivity contribution in [1.82, 2.24) is 5.32 Å². The van der Waals surface area contributed by atoms with Crippen LogP contribution >= 0.6 is 0 Å². The van der Waals surface area contributed by atoms with Crippen LogP contribution in [0.15, 0.2) is 24.3 Å². The highest BCUT2D eigenvalue weighted by molar-refractivity contribution is 5.89. The maximum absolute atomic E-state index is 11.3. The van der Waals surface area contributed by atoms with Crippen molar-refractivity contribution in [3.05, 3.63) is 29.8 Å². The molecule has 0 bridgehead atoms. The second kappa shape index (κ2) is 7.32. The Morgan fingerprint density at radius 3 is 2.78 bits per heavy atom. The normalized spacial score (nSPS) is 9.67. The van der Waals surface area contributed by atoms with Gasteiger partial charge in [-0.25, -0.2) is 4.79 Å². The van der Waals surface area contributed by atoms with E-state index in [1.165, 1.54) is 7.11 Å². The highest BCUT2D eigenvalue weighted by Gasteiger charge is 2.07. The molecule has 5 nitrogen and oxygen atoms in total. The van der Waals surface area contributed by atoms with Gasteiger partial charge in [0.05, 0.1) is 12.7 Å². The summed E-state index contributed by atoms with van der Waals surface area (Å²) in [6.07, 6.45) is 0.879. The van der Waals surface area contributed by atoms with Gasteiger partial charge in [0.15, 0.2) is 6.61 Å². The van der Waals surface area contributed by atoms with Crippen LogP contribution in [0.4, 0.5) is 0 Å². The molecule has 5 heteroatoms. The van der Waals surface area contributed by atoms with Crippen LogP contribution in [0.3, 0.4) is 0 Å². The molecular weight excluding hydrogens is 234 g/mol. The molecule has 0 aliphatic rings. The molecule has 0 aliphatic carbocycles. The van der Waals surface area contributed by atoms with Gasteiger partial charge in [-0.1, -0.05) is 13.0 Å². The van der Waals surface area contributed by atoms with Gasteiger partial charge >= 0.3 is 5.97 Å². The van der Waals surface area contributed by atoms with E-state index in [1.807, 2.05) is 6.92 Å². The van der Waals surface area contributed by atoms with Gasteiger partial charge in [0.25, 0.3) is 5.91 Å². The van der Waals surface area contributed by atoms with Crippen LogP contribution in [0.2, 0.25) is 0 Å². The van der Waals surface area contributed by atoms with Crippen molar-refractivity contribution >= 4 is 11.9 Å². The first-order valence-corrected chi connectivity index (χ1v) is 5.75. The van der Waals surface area contributed by atoms with Crippen molar-refractivity contribution < 1.29 is 19.1 Å². The monoisotopic (exact) mass is 251 g/mol. The molecule has 0 spiro atoms. The maximum atomic E-state index is 11.3. The molecule has 0 saturated heterocycles. The molecule has 0 unspecified atom stereocenters. The number of rotatable bonds is 6. The number of hydrogen-bond donors (Lipinski definition) is 1. The predicted molar refractivity (Wildman–Crippen MR) is 66.6 cm³/mol. The van der Waals surface area contributed by atoms with Gasteiger partial charge in [-0.3, -0.25) is 4.79 Å². The Balaban J connectivity index is 2.52. The summed E-state index contributed by atoms with van der Waals surface area (Å²) >= 11 is 0. The zero-order chi connectivity index (χ0) is 13.4. The number of methoxy groups -OCH3 is 1. The van der Waals surface area contributed by atoms with E-state index in [-0.39, 0.29) is 12.5 Å². The fraction of sp³-hybridized carbons (Fsp3) is 0.385. The SMILES string of the molecule is CCCNC(=O)COc1cccc(C(=O)OC)c1. The van der Waals surface area contributed by atoms with Gasteiger partial charge in [0, 0.05) is 6.54 Å². The molecule has 1 N–H and O–H groups in total. The Hall–Kier alpha value is -2.04. The average molecular weight is 251 g/mol. The first-order chi connectivity index (χ1) is 8.67. The van der Waals surface area contributed by atoms with E-state index < -0.39 is 5.97 Å². The minimum atomic E-state index is -0.434. The van der Waals surface area contributed by atoms with Crippen molar-refractivity contribution in [1.29, 1.82) is 0 Å². The van der Waals surface area contributed by atoms with Crippen LogP contribution in [-0.2, 0) is 9.53 Å². The summed E-state index contributed by atoms with van der Waals surface area (Å²) in [5.74, 6) is -0.152. The third kappa shape index (κ3) is 4.45. The molecule has 0 aliphatic heterocycles. The summed E-state index contributed by atoms with van der Waals surface area (Å²) in [5, 5.41) is 2.70. The molecule has 0 heterocycles. The maximum Gasteiger partial charge on any atom is 0.337 e. The third-order valence-electron chi connectivity index (χ3n) is 2.20. The van der Waals surface area contributed by atoms with E-state index >= 15 is 0 Å². The Kier molecular flexibility index (Phi) is 5.70. The molecule has 0 fully saturated rings. The molecular formula is C13H17NO4. The number of esters is 1. The number of ether oxygens (including phenoxy) is 2. The third-order valence-corrected chi connectivity index (χ3v) is 2.20. The second-order valence-corrected chi connectivity index (χ2v) is 3.66. The summed E-state index contributed by atoms with van der Waals surface area (Å²) in [5.41, 5.74) is 0.393. The lowest BCUT2D eigenvalue weighted by Crippen LogP contribution is -2.29. The Bertz CT molecular complexity index is 417. The molecule has 98 valence electrons. The molecule has 0 aromatic heterocycles. The van der Waals surface area contributed by atoms with Crippen molar-refractivity contribution in [2.24, 2.45) is 0 Å². The van der Waals surface area contributed by atoms with Crippen molar-refractivity contribution in [3.63, 3.8) is 0 Å². The molecule has 1 rings (SSSR count). The summed E-state index contributed by atoms with van der Waals surface area (Å²) in [7, 11) is 1.31. The van der Waals surface area contributed by atoms with Crippen molar-refractivity contribution in [3.8, 4) is 5.75 Å². The quantitative estimate of drug-likeness (QED) is 0.776. The van der Waals surface area contributed by atoms with Crippen LogP contribution < -0.4 is 10.1 Å². The van der Waals surface area contributed by atoms with Gasteiger partial charge in [0.2, 0.25) is 0 Å². The molecule has 18 heavy (non-hydrogen) atoms. The topological polar surface area (TPSA) is 64.6 Å². The fourth-order valence-electron chi connectivity index (χ4n) is 1.30. The largest absolute Gasteiger partial charge is 0.484 e. The van der Waals surface area contributed by atoms with Crippen molar-refractivity contribution in [2.45, 2.75) is 13.3 Å². The highest BCUT2D eigenvalue weighted by atomic mass is 16.5. The van der Waals surface area contributed by atoms with E-state index in [1.54, 1.807) is 24.3 Å². The van der Waals surface area contributed by atoms with Crippen LogP contribution in [-0.4, -0.2) is 32.1 Å². The molecule has 1 amide bonds. The number of benzene rings is 1. The van der Waals surface area contributed by atoms with Crippen molar-refractivity contribution in [2.75, 3.05) is 20.3 Å². The van der Waals surface area contributed by atoms with E-state index in [4.69, 9.17) is 4.74 Å². The fourth-order valence-corrected chi connectivity index (χ4v) is 1.30. The Labute approximate surface area is 106 Å². The van der Waals surface area contributed by atoms with E-state index in [0.29, 0.717) is 17.9 Å². The zero-order valence-electron chi connectivity index (χ0n) is 10.6. The smallest absolute Gasteiger partial charge is 0.337 e. The summed E-state index contributed by atoms with van der Waals surface area (Å²) in [6.45, 7) is 2.54. The van der Waals surface area contributed by atoms with Crippen LogP contribution in [0.5, 0.6) is 5.75 Å². The van der Waals surface area contributed by atoms with Gasteiger partial charge in [-0.2, -0.15) is 0 Å². The number of carbonyl (C=O) groups is 2. The minimum Gasteiger partial charge on any atom is -0.484 e. The minimum absolute atomic E-state index is 0.0649. The molecule has 1 aromatic rings. The van der Waals surface area contributed by atoms with Crippen LogP contribution in [0.1, 0.15) is 23.7 Å². The van der Waals surface area contributed by atoms with Gasteiger partial charge < -0.3 is 14.8 Å². The highest BCUT2D eigenvalue weighted by Crippen LogP contribution is 2.13. The van der Waals surface area contributed by atoms with E-state index in [9.17, 15) is 9.59 Å². The number of nitrogens with one attached hydrogen (secondary N) is 1. The lowest BCUT2D eigenvalue weighted by Gasteiger charge is -2.07. The first kappa shape index (κ1) is 14.0. The van der Waals surface area contributed by atoms with Crippen LogP contribution in [0, 0.1) is 0 Å². The Morgan fingerprint density at radius 1 is 1.33 bits per heavy atom. The van der Waals surface area contributed by atoms with Crippen LogP contribution in [0.25, 0.3) is 0 Å². The standard InChI is InChI=1S/C13H17NO4/c1-3-7-14-12(15)9-18-11-6-4-5-10(8-11)13(16)17-2/h4-6,8H,3,7,9H2,1-2H3,(H,14,15). The number of carbonyl (C=O) groups excluding carboxylic acids is 2. The Morgan fingerprint density at radius 2 is 2.11 bits per heavy atom.